The SMILES string of the molecule is Cn1cc2c(n1)c(=O)n(-c1cccc3ccccc13)c1cc(Cl)c(F)cc21. The van der Waals surface area contributed by atoms with Crippen LogP contribution in [0.5, 0.6) is 0 Å². The van der Waals surface area contributed by atoms with Crippen molar-refractivity contribution < 1.29 is 4.39 Å². The van der Waals surface area contributed by atoms with Gasteiger partial charge in [0.15, 0.2) is 5.52 Å². The Bertz CT molecular complexity index is 1430. The fourth-order valence-electron chi connectivity index (χ4n) is 3.64. The van der Waals surface area contributed by atoms with Crippen molar-refractivity contribution in [3.8, 4) is 5.69 Å². The number of aryl methyl sites for hydroxylation is 1. The molecule has 0 atom stereocenters. The summed E-state index contributed by atoms with van der Waals surface area (Å²) in [5, 5.41) is 7.39. The quantitative estimate of drug-likeness (QED) is 0.420. The van der Waals surface area contributed by atoms with Crippen molar-refractivity contribution >= 4 is 44.2 Å². The zero-order chi connectivity index (χ0) is 18.7. The van der Waals surface area contributed by atoms with Crippen LogP contribution in [0.2, 0.25) is 5.02 Å². The Hall–Kier alpha value is -3.18. The molecule has 0 fully saturated rings. The topological polar surface area (TPSA) is 39.8 Å². The maximum atomic E-state index is 14.2. The van der Waals surface area contributed by atoms with E-state index in [1.54, 1.807) is 22.5 Å². The van der Waals surface area contributed by atoms with Gasteiger partial charge in [-0.2, -0.15) is 5.10 Å². The minimum atomic E-state index is -0.530. The molecule has 0 saturated carbocycles. The molecule has 0 aliphatic carbocycles. The lowest BCUT2D eigenvalue weighted by Gasteiger charge is -2.14. The molecule has 6 heteroatoms. The molecule has 0 aliphatic heterocycles. The van der Waals surface area contributed by atoms with Crippen molar-refractivity contribution in [1.29, 1.82) is 0 Å². The molecule has 3 aromatic carbocycles. The molecule has 132 valence electrons. The monoisotopic (exact) mass is 377 g/mol. The number of hydrogen-bond donors (Lipinski definition) is 0. The van der Waals surface area contributed by atoms with Gasteiger partial charge in [0.25, 0.3) is 5.56 Å². The highest BCUT2D eigenvalue weighted by atomic mass is 35.5. The smallest absolute Gasteiger partial charge is 0.274 e. The number of rotatable bonds is 1. The summed E-state index contributed by atoms with van der Waals surface area (Å²) in [7, 11) is 1.74. The first-order valence-electron chi connectivity index (χ1n) is 8.40. The van der Waals surface area contributed by atoms with E-state index in [-0.39, 0.29) is 10.6 Å². The van der Waals surface area contributed by atoms with Crippen molar-refractivity contribution in [1.82, 2.24) is 14.3 Å². The van der Waals surface area contributed by atoms with Gasteiger partial charge in [0.1, 0.15) is 5.82 Å². The summed E-state index contributed by atoms with van der Waals surface area (Å²) < 4.78 is 17.4. The lowest BCUT2D eigenvalue weighted by atomic mass is 10.1. The lowest BCUT2D eigenvalue weighted by Crippen LogP contribution is -2.20. The van der Waals surface area contributed by atoms with E-state index < -0.39 is 5.82 Å². The average Bonchev–Trinajstić information content (AvgIpc) is 3.06. The summed E-state index contributed by atoms with van der Waals surface area (Å²) in [5.41, 5.74) is 1.28. The van der Waals surface area contributed by atoms with Crippen LogP contribution in [0.4, 0.5) is 4.39 Å². The van der Waals surface area contributed by atoms with Crippen LogP contribution in [0.15, 0.2) is 65.6 Å². The summed E-state index contributed by atoms with van der Waals surface area (Å²) in [6, 6.07) is 16.4. The normalized spacial score (nSPS) is 11.7. The third-order valence-corrected chi connectivity index (χ3v) is 5.10. The molecule has 2 heterocycles. The van der Waals surface area contributed by atoms with Gasteiger partial charge in [-0.25, -0.2) is 4.39 Å². The van der Waals surface area contributed by atoms with Gasteiger partial charge in [-0.15, -0.1) is 0 Å². The first-order valence-corrected chi connectivity index (χ1v) is 8.77. The van der Waals surface area contributed by atoms with Crippen molar-refractivity contribution in [2.75, 3.05) is 0 Å². The van der Waals surface area contributed by atoms with Crippen molar-refractivity contribution in [3.63, 3.8) is 0 Å². The van der Waals surface area contributed by atoms with Gasteiger partial charge in [0.05, 0.1) is 16.2 Å². The first kappa shape index (κ1) is 16.0. The standard InChI is InChI=1S/C21H13ClFN3O/c1-25-11-15-14-9-17(23)16(22)10-19(14)26(21(27)20(15)24-25)18-8-4-6-12-5-2-3-7-13(12)18/h2-11H,1H3. The Labute approximate surface area is 158 Å². The lowest BCUT2D eigenvalue weighted by molar-refractivity contribution is 0.630. The van der Waals surface area contributed by atoms with Gasteiger partial charge in [-0.1, -0.05) is 48.0 Å². The molecule has 27 heavy (non-hydrogen) atoms. The Morgan fingerprint density at radius 2 is 1.78 bits per heavy atom. The molecular weight excluding hydrogens is 365 g/mol. The number of aromatic nitrogens is 3. The van der Waals surface area contributed by atoms with E-state index in [1.165, 1.54) is 12.1 Å². The summed E-state index contributed by atoms with van der Waals surface area (Å²) in [5.74, 6) is -0.530. The van der Waals surface area contributed by atoms with Crippen LogP contribution >= 0.6 is 11.6 Å². The molecule has 0 amide bonds. The molecule has 5 rings (SSSR count). The second-order valence-electron chi connectivity index (χ2n) is 6.49. The predicted octanol–water partition coefficient (Wildman–Crippen LogP) is 4.82. The number of pyridine rings is 1. The number of halogens is 2. The molecule has 2 aromatic heterocycles. The average molecular weight is 378 g/mol. The first-order chi connectivity index (χ1) is 13.0. The third kappa shape index (κ3) is 2.28. The molecule has 0 saturated heterocycles. The van der Waals surface area contributed by atoms with Gasteiger partial charge in [0.2, 0.25) is 0 Å². The fraction of sp³-hybridized carbons (Fsp3) is 0.0476. The number of fused-ring (bicyclic) bond motifs is 4. The molecule has 5 aromatic rings. The third-order valence-electron chi connectivity index (χ3n) is 4.81. The van der Waals surface area contributed by atoms with Crippen LogP contribution < -0.4 is 5.56 Å². The van der Waals surface area contributed by atoms with Crippen molar-refractivity contribution in [3.05, 3.63) is 82.0 Å². The minimum absolute atomic E-state index is 0.0286. The molecular formula is C21H13ClFN3O. The highest BCUT2D eigenvalue weighted by Gasteiger charge is 2.18. The predicted molar refractivity (Wildman–Crippen MR) is 106 cm³/mol. The molecule has 0 N–H and O–H groups in total. The van der Waals surface area contributed by atoms with Crippen molar-refractivity contribution in [2.24, 2.45) is 7.05 Å². The van der Waals surface area contributed by atoms with Gasteiger partial charge in [-0.3, -0.25) is 14.0 Å². The van der Waals surface area contributed by atoms with Crippen LogP contribution in [-0.4, -0.2) is 14.3 Å². The molecule has 0 spiro atoms. The second-order valence-corrected chi connectivity index (χ2v) is 6.89. The van der Waals surface area contributed by atoms with Crippen LogP contribution in [0.3, 0.4) is 0 Å². The maximum absolute atomic E-state index is 14.2. The van der Waals surface area contributed by atoms with Crippen LogP contribution in [0.25, 0.3) is 38.3 Å². The largest absolute Gasteiger partial charge is 0.284 e. The van der Waals surface area contributed by atoms with E-state index in [9.17, 15) is 9.18 Å². The Kier molecular flexibility index (Phi) is 3.36. The van der Waals surface area contributed by atoms with Gasteiger partial charge >= 0.3 is 0 Å². The van der Waals surface area contributed by atoms with E-state index in [4.69, 9.17) is 11.6 Å². The van der Waals surface area contributed by atoms with E-state index in [2.05, 4.69) is 5.10 Å². The zero-order valence-electron chi connectivity index (χ0n) is 14.3. The molecule has 0 aliphatic rings. The molecule has 4 nitrogen and oxygen atoms in total. The summed E-state index contributed by atoms with van der Waals surface area (Å²) in [6.07, 6.45) is 1.72. The molecule has 0 radical (unpaired) electrons. The number of benzene rings is 3. The fourth-order valence-corrected chi connectivity index (χ4v) is 3.80. The number of nitrogens with zero attached hydrogens (tertiary/aromatic N) is 3. The maximum Gasteiger partial charge on any atom is 0.284 e. The van der Waals surface area contributed by atoms with Gasteiger partial charge in [-0.05, 0) is 23.6 Å². The second kappa shape index (κ2) is 5.66. The van der Waals surface area contributed by atoms with E-state index in [0.717, 1.165) is 10.8 Å². The summed E-state index contributed by atoms with van der Waals surface area (Å²) in [6.45, 7) is 0. The van der Waals surface area contributed by atoms with Gasteiger partial charge < -0.3 is 0 Å². The zero-order valence-corrected chi connectivity index (χ0v) is 15.0. The molecule has 0 unspecified atom stereocenters. The Morgan fingerprint density at radius 3 is 2.63 bits per heavy atom. The van der Waals surface area contributed by atoms with E-state index in [1.807, 2.05) is 42.5 Å². The minimum Gasteiger partial charge on any atom is -0.274 e. The summed E-state index contributed by atoms with van der Waals surface area (Å²) in [4.78, 5) is 13.3. The van der Waals surface area contributed by atoms with E-state index >= 15 is 0 Å². The van der Waals surface area contributed by atoms with Crippen LogP contribution in [0, 0.1) is 5.82 Å². The van der Waals surface area contributed by atoms with Crippen LogP contribution in [0.1, 0.15) is 0 Å². The Morgan fingerprint density at radius 1 is 1.00 bits per heavy atom. The number of hydrogen-bond acceptors (Lipinski definition) is 2. The summed E-state index contributed by atoms with van der Waals surface area (Å²) >= 11 is 6.06. The highest BCUT2D eigenvalue weighted by molar-refractivity contribution is 6.31. The van der Waals surface area contributed by atoms with Gasteiger partial charge in [0, 0.05) is 29.4 Å². The van der Waals surface area contributed by atoms with Crippen molar-refractivity contribution in [2.45, 2.75) is 0 Å². The highest BCUT2D eigenvalue weighted by Crippen LogP contribution is 2.31. The molecule has 0 bridgehead atoms. The Balaban J connectivity index is 2.06. The van der Waals surface area contributed by atoms with E-state index in [0.29, 0.717) is 27.5 Å². The van der Waals surface area contributed by atoms with Crippen LogP contribution in [-0.2, 0) is 7.05 Å².